The lowest BCUT2D eigenvalue weighted by atomic mass is 10.2. The molecule has 0 saturated heterocycles. The minimum absolute atomic E-state index is 0.0178. The van der Waals surface area contributed by atoms with Gasteiger partial charge >= 0.3 is 0 Å². The normalized spacial score (nSPS) is 11.6. The van der Waals surface area contributed by atoms with Crippen molar-refractivity contribution in [1.29, 1.82) is 0 Å². The summed E-state index contributed by atoms with van der Waals surface area (Å²) in [6.45, 7) is 4.08. The van der Waals surface area contributed by atoms with Crippen molar-refractivity contribution in [3.63, 3.8) is 0 Å². The van der Waals surface area contributed by atoms with E-state index in [1.165, 1.54) is 24.3 Å². The summed E-state index contributed by atoms with van der Waals surface area (Å²) in [5, 5.41) is 10.6. The second kappa shape index (κ2) is 7.40. The van der Waals surface area contributed by atoms with E-state index in [9.17, 15) is 14.9 Å². The van der Waals surface area contributed by atoms with Crippen molar-refractivity contribution < 1.29 is 14.5 Å². The third kappa shape index (κ3) is 4.06. The van der Waals surface area contributed by atoms with E-state index in [1.54, 1.807) is 11.8 Å². The molecule has 0 aliphatic carbocycles. The molecule has 1 amide bonds. The van der Waals surface area contributed by atoms with Crippen molar-refractivity contribution in [3.8, 4) is 5.75 Å². The van der Waals surface area contributed by atoms with Gasteiger partial charge in [-0.1, -0.05) is 18.2 Å². The highest BCUT2D eigenvalue weighted by molar-refractivity contribution is 5.96. The summed E-state index contributed by atoms with van der Waals surface area (Å²) in [6.07, 6.45) is -0.698. The summed E-state index contributed by atoms with van der Waals surface area (Å²) < 4.78 is 5.60. The van der Waals surface area contributed by atoms with Gasteiger partial charge in [0.05, 0.1) is 4.92 Å². The second-order valence-electron chi connectivity index (χ2n) is 4.93. The van der Waals surface area contributed by atoms with Crippen molar-refractivity contribution in [1.82, 2.24) is 0 Å². The number of rotatable bonds is 6. The summed E-state index contributed by atoms with van der Waals surface area (Å²) >= 11 is 0. The summed E-state index contributed by atoms with van der Waals surface area (Å²) in [6, 6.07) is 15.0. The lowest BCUT2D eigenvalue weighted by Gasteiger charge is -2.25. The second-order valence-corrected chi connectivity index (χ2v) is 4.93. The maximum Gasteiger partial charge on any atom is 0.269 e. The van der Waals surface area contributed by atoms with Crippen LogP contribution in [0.25, 0.3) is 0 Å². The maximum atomic E-state index is 12.5. The van der Waals surface area contributed by atoms with Gasteiger partial charge in [0.2, 0.25) is 0 Å². The first-order chi connectivity index (χ1) is 11.0. The van der Waals surface area contributed by atoms with Gasteiger partial charge in [0.15, 0.2) is 6.10 Å². The molecule has 0 aliphatic heterocycles. The highest BCUT2D eigenvalue weighted by Gasteiger charge is 2.22. The number of benzene rings is 2. The minimum atomic E-state index is -0.698. The van der Waals surface area contributed by atoms with Crippen molar-refractivity contribution in [2.45, 2.75) is 20.0 Å². The largest absolute Gasteiger partial charge is 0.481 e. The fourth-order valence-electron chi connectivity index (χ4n) is 2.19. The summed E-state index contributed by atoms with van der Waals surface area (Å²) in [7, 11) is 0. The van der Waals surface area contributed by atoms with Crippen LogP contribution in [-0.4, -0.2) is 23.5 Å². The number of anilines is 1. The van der Waals surface area contributed by atoms with E-state index in [-0.39, 0.29) is 11.6 Å². The molecule has 0 unspecified atom stereocenters. The number of nitro benzene ring substituents is 1. The van der Waals surface area contributed by atoms with Crippen LogP contribution in [0.5, 0.6) is 5.75 Å². The van der Waals surface area contributed by atoms with Crippen LogP contribution in [0.1, 0.15) is 13.8 Å². The molecule has 23 heavy (non-hydrogen) atoms. The average molecular weight is 314 g/mol. The number of hydrogen-bond acceptors (Lipinski definition) is 4. The van der Waals surface area contributed by atoms with Gasteiger partial charge in [0.1, 0.15) is 5.75 Å². The van der Waals surface area contributed by atoms with Gasteiger partial charge in [-0.15, -0.1) is 0 Å². The van der Waals surface area contributed by atoms with E-state index in [1.807, 2.05) is 37.3 Å². The molecule has 2 rings (SSSR count). The van der Waals surface area contributed by atoms with Gasteiger partial charge in [-0.05, 0) is 38.1 Å². The Balaban J connectivity index is 2.08. The number of nitrogens with zero attached hydrogens (tertiary/aromatic N) is 2. The molecule has 2 aromatic carbocycles. The molecule has 0 heterocycles. The molecule has 0 N–H and O–H groups in total. The summed E-state index contributed by atoms with van der Waals surface area (Å²) in [4.78, 5) is 24.3. The van der Waals surface area contributed by atoms with Crippen LogP contribution < -0.4 is 9.64 Å². The number of ether oxygens (including phenoxy) is 1. The first kappa shape index (κ1) is 16.5. The van der Waals surface area contributed by atoms with Crippen LogP contribution in [0.4, 0.5) is 11.4 Å². The Bertz CT molecular complexity index is 671. The predicted octanol–water partition coefficient (Wildman–Crippen LogP) is 3.42. The molecular weight excluding hydrogens is 296 g/mol. The van der Waals surface area contributed by atoms with Crippen LogP contribution in [0.2, 0.25) is 0 Å². The van der Waals surface area contributed by atoms with Gasteiger partial charge in [-0.3, -0.25) is 14.9 Å². The molecule has 6 nitrogen and oxygen atoms in total. The van der Waals surface area contributed by atoms with Crippen molar-refractivity contribution >= 4 is 17.3 Å². The molecule has 0 aromatic heterocycles. The number of para-hydroxylation sites is 1. The fraction of sp³-hybridized carbons (Fsp3) is 0.235. The van der Waals surface area contributed by atoms with E-state index in [4.69, 9.17) is 4.74 Å². The third-order valence-corrected chi connectivity index (χ3v) is 3.36. The van der Waals surface area contributed by atoms with Gasteiger partial charge < -0.3 is 9.64 Å². The minimum Gasteiger partial charge on any atom is -0.481 e. The highest BCUT2D eigenvalue weighted by Crippen LogP contribution is 2.20. The zero-order chi connectivity index (χ0) is 16.8. The van der Waals surface area contributed by atoms with Crippen LogP contribution in [0, 0.1) is 10.1 Å². The lowest BCUT2D eigenvalue weighted by Crippen LogP contribution is -2.40. The number of carbonyl (C=O) groups excluding carboxylic acids is 1. The quantitative estimate of drug-likeness (QED) is 0.605. The van der Waals surface area contributed by atoms with Crippen molar-refractivity contribution in [2.75, 3.05) is 11.4 Å². The van der Waals surface area contributed by atoms with Crippen LogP contribution in [0.15, 0.2) is 54.6 Å². The molecule has 0 bridgehead atoms. The standard InChI is InChI=1S/C17H18N2O4/c1-3-18(14-7-5-4-6-8-14)17(20)13(2)23-16-11-9-15(10-12-16)19(21)22/h4-13H,3H2,1-2H3/t13-/m1/s1. The maximum absolute atomic E-state index is 12.5. The molecule has 1 atom stereocenters. The first-order valence-electron chi connectivity index (χ1n) is 7.30. The molecule has 120 valence electrons. The van der Waals surface area contributed by atoms with Crippen molar-refractivity contribution in [2.24, 2.45) is 0 Å². The highest BCUT2D eigenvalue weighted by atomic mass is 16.6. The Hall–Kier alpha value is -2.89. The van der Waals surface area contributed by atoms with E-state index >= 15 is 0 Å². The molecule has 0 radical (unpaired) electrons. The van der Waals surface area contributed by atoms with E-state index in [0.29, 0.717) is 12.3 Å². The van der Waals surface area contributed by atoms with Crippen LogP contribution in [0.3, 0.4) is 0 Å². The molecular formula is C17H18N2O4. The summed E-state index contributed by atoms with van der Waals surface area (Å²) in [5.74, 6) is 0.248. The first-order valence-corrected chi connectivity index (χ1v) is 7.30. The Labute approximate surface area is 134 Å². The molecule has 2 aromatic rings. The molecule has 0 saturated carbocycles. The van der Waals surface area contributed by atoms with Crippen LogP contribution >= 0.6 is 0 Å². The zero-order valence-corrected chi connectivity index (χ0v) is 13.0. The SMILES string of the molecule is CCN(C(=O)[C@@H](C)Oc1ccc([N+](=O)[O-])cc1)c1ccccc1. The van der Waals surface area contributed by atoms with Gasteiger partial charge in [0, 0.05) is 24.4 Å². The average Bonchev–Trinajstić information content (AvgIpc) is 2.57. The van der Waals surface area contributed by atoms with Gasteiger partial charge in [-0.2, -0.15) is 0 Å². The molecule has 6 heteroatoms. The van der Waals surface area contributed by atoms with Gasteiger partial charge in [-0.25, -0.2) is 0 Å². The zero-order valence-electron chi connectivity index (χ0n) is 13.0. The number of hydrogen-bond donors (Lipinski definition) is 0. The van der Waals surface area contributed by atoms with E-state index in [0.717, 1.165) is 5.69 Å². The van der Waals surface area contributed by atoms with E-state index < -0.39 is 11.0 Å². The Morgan fingerprint density at radius 3 is 2.30 bits per heavy atom. The third-order valence-electron chi connectivity index (χ3n) is 3.36. The van der Waals surface area contributed by atoms with Crippen LogP contribution in [-0.2, 0) is 4.79 Å². The monoisotopic (exact) mass is 314 g/mol. The fourth-order valence-corrected chi connectivity index (χ4v) is 2.19. The number of likely N-dealkylation sites (N-methyl/N-ethyl adjacent to an activating group) is 1. The number of amides is 1. The molecule has 0 fully saturated rings. The number of nitro groups is 1. The molecule has 0 aliphatic rings. The Kier molecular flexibility index (Phi) is 5.30. The predicted molar refractivity (Wildman–Crippen MR) is 87.7 cm³/mol. The smallest absolute Gasteiger partial charge is 0.269 e. The number of non-ortho nitro benzene ring substituents is 1. The van der Waals surface area contributed by atoms with Crippen molar-refractivity contribution in [3.05, 3.63) is 64.7 Å². The topological polar surface area (TPSA) is 72.7 Å². The molecule has 0 spiro atoms. The summed E-state index contributed by atoms with van der Waals surface area (Å²) in [5.41, 5.74) is 0.787. The van der Waals surface area contributed by atoms with E-state index in [2.05, 4.69) is 0 Å². The Morgan fingerprint density at radius 1 is 1.17 bits per heavy atom. The lowest BCUT2D eigenvalue weighted by molar-refractivity contribution is -0.384. The number of carbonyl (C=O) groups is 1. The van der Waals surface area contributed by atoms with Gasteiger partial charge in [0.25, 0.3) is 11.6 Å². The Morgan fingerprint density at radius 2 is 1.78 bits per heavy atom.